The number of aromatic nitrogens is 4. The molecule has 0 radical (unpaired) electrons. The van der Waals surface area contributed by atoms with Crippen LogP contribution in [0.1, 0.15) is 47.3 Å². The second-order valence-corrected chi connectivity index (χ2v) is 16.8. The van der Waals surface area contributed by atoms with Crippen LogP contribution in [-0.4, -0.2) is 19.1 Å². The predicted molar refractivity (Wildman–Crippen MR) is 262 cm³/mol. The molecular weight excluding hydrogens is 767 g/mol. The highest BCUT2D eigenvalue weighted by molar-refractivity contribution is 6.23. The number of benzene rings is 5. The summed E-state index contributed by atoms with van der Waals surface area (Å²) in [4.78, 5) is 13.8. The van der Waals surface area contributed by atoms with E-state index in [-0.39, 0.29) is 0 Å². The third-order valence-electron chi connectivity index (χ3n) is 13.3. The Morgan fingerprint density at radius 3 is 2.38 bits per heavy atom. The standard InChI is InChI=1S/C58H41N5/c1-2-8-24-40(23-7-1)61-51-34-18-16-30-46(51)56-55-48(31-19-35-52(55)61)59-58(60-56)63-49-32-10-4-9-27-43(49)47-37-53(63)57-54(44-28-14-13-26-42(44)47)45-29-15-17-33-50(45)62(57)41-25-12-11-22-39(36-41)38-20-5-3-6-21-38/h1,3,5-9,12-31,33-36H,2,4,10,32,37H2. The van der Waals surface area contributed by atoms with Gasteiger partial charge in [-0.15, -0.1) is 5.73 Å². The van der Waals surface area contributed by atoms with Gasteiger partial charge in [-0.3, -0.25) is 4.57 Å². The Bertz CT molecular complexity index is 3630. The fourth-order valence-corrected chi connectivity index (χ4v) is 10.6. The third-order valence-corrected chi connectivity index (χ3v) is 13.3. The van der Waals surface area contributed by atoms with Crippen molar-refractivity contribution in [3.63, 3.8) is 0 Å². The van der Waals surface area contributed by atoms with Gasteiger partial charge in [-0.25, -0.2) is 9.97 Å². The van der Waals surface area contributed by atoms with E-state index in [1.54, 1.807) is 0 Å². The number of rotatable bonds is 4. The molecule has 0 amide bonds. The number of allylic oxidation sites excluding steroid dienone is 11. The highest BCUT2D eigenvalue weighted by Gasteiger charge is 2.32. The Hall–Kier alpha value is -7.98. The average molecular weight is 808 g/mol. The van der Waals surface area contributed by atoms with E-state index >= 15 is 0 Å². The van der Waals surface area contributed by atoms with Crippen LogP contribution >= 0.6 is 0 Å². The summed E-state index contributed by atoms with van der Waals surface area (Å²) in [7, 11) is 0. The molecule has 5 aliphatic rings. The Morgan fingerprint density at radius 1 is 0.619 bits per heavy atom. The van der Waals surface area contributed by atoms with Gasteiger partial charge in [0.2, 0.25) is 5.95 Å². The van der Waals surface area contributed by atoms with Crippen molar-refractivity contribution in [1.82, 2.24) is 19.1 Å². The van der Waals surface area contributed by atoms with Crippen molar-refractivity contribution in [3.05, 3.63) is 222 Å². The molecule has 0 fully saturated rings. The second kappa shape index (κ2) is 14.3. The number of nitrogens with zero attached hydrogens (tertiary/aromatic N) is 5. The zero-order valence-electron chi connectivity index (χ0n) is 34.7. The van der Waals surface area contributed by atoms with Gasteiger partial charge < -0.3 is 9.47 Å². The van der Waals surface area contributed by atoms with Gasteiger partial charge in [-0.1, -0.05) is 127 Å². The maximum atomic E-state index is 5.77. The van der Waals surface area contributed by atoms with Gasteiger partial charge in [0.05, 0.1) is 44.7 Å². The summed E-state index contributed by atoms with van der Waals surface area (Å²) in [5, 5.41) is 6.05. The molecular formula is C58H41N5. The van der Waals surface area contributed by atoms with Crippen LogP contribution in [0.5, 0.6) is 0 Å². The highest BCUT2D eigenvalue weighted by Crippen LogP contribution is 2.50. The van der Waals surface area contributed by atoms with Crippen LogP contribution in [0.15, 0.2) is 194 Å². The summed E-state index contributed by atoms with van der Waals surface area (Å²) in [5.74, 6) is 0.705. The first-order valence-electron chi connectivity index (χ1n) is 22.1. The molecule has 8 aromatic rings. The van der Waals surface area contributed by atoms with Gasteiger partial charge in [-0.05, 0) is 119 Å². The molecule has 2 aliphatic heterocycles. The van der Waals surface area contributed by atoms with Crippen molar-refractivity contribution in [3.8, 4) is 17.2 Å². The zero-order valence-corrected chi connectivity index (χ0v) is 34.7. The van der Waals surface area contributed by atoms with Crippen LogP contribution in [0, 0.1) is 0 Å². The van der Waals surface area contributed by atoms with Crippen LogP contribution < -0.4 is 4.90 Å². The fraction of sp³-hybridized carbons (Fsp3) is 0.0862. The fourth-order valence-electron chi connectivity index (χ4n) is 10.6. The minimum atomic E-state index is 0.705. The molecule has 5 heterocycles. The van der Waals surface area contributed by atoms with Crippen LogP contribution in [-0.2, 0) is 12.8 Å². The third kappa shape index (κ3) is 5.50. The molecule has 5 aromatic carbocycles. The van der Waals surface area contributed by atoms with Crippen LogP contribution in [0.2, 0.25) is 0 Å². The Morgan fingerprint density at radius 2 is 1.44 bits per heavy atom. The number of para-hydroxylation sites is 2. The van der Waals surface area contributed by atoms with Gasteiger partial charge in [0.1, 0.15) is 0 Å². The molecule has 5 nitrogen and oxygen atoms in total. The first-order chi connectivity index (χ1) is 31.3. The lowest BCUT2D eigenvalue weighted by molar-refractivity contribution is 0.742. The molecule has 0 atom stereocenters. The average Bonchev–Trinajstić information content (AvgIpc) is 3.74. The molecule has 2 bridgehead atoms. The number of hydrogen-bond donors (Lipinski definition) is 0. The maximum Gasteiger partial charge on any atom is 0.235 e. The predicted octanol–water partition coefficient (Wildman–Crippen LogP) is 14.2. The van der Waals surface area contributed by atoms with Crippen molar-refractivity contribution in [1.29, 1.82) is 0 Å². The van der Waals surface area contributed by atoms with Crippen molar-refractivity contribution in [2.45, 2.75) is 32.1 Å². The number of hydrogen-bond acceptors (Lipinski definition) is 3. The molecule has 298 valence electrons. The Labute approximate surface area is 365 Å². The molecule has 0 unspecified atom stereocenters. The SMILES string of the molecule is C1=CC=C(n2c3ccccc3c3c4ccccc4c4c5c(n(-c6nc7c8c(cccc8n6)N(C6=CC=CCC=C6)c6ccccc6-7)c(c32)C4)CCCC=C5)C=C(c2ccccc2)C=1. The lowest BCUT2D eigenvalue weighted by atomic mass is 9.94. The quantitative estimate of drug-likeness (QED) is 0.166. The van der Waals surface area contributed by atoms with E-state index in [0.717, 1.165) is 93.7 Å². The first-order valence-corrected chi connectivity index (χ1v) is 22.1. The van der Waals surface area contributed by atoms with E-state index in [1.165, 1.54) is 49.6 Å². The van der Waals surface area contributed by atoms with Gasteiger partial charge in [0.15, 0.2) is 0 Å². The molecule has 0 saturated heterocycles. The van der Waals surface area contributed by atoms with Crippen molar-refractivity contribution < 1.29 is 0 Å². The summed E-state index contributed by atoms with van der Waals surface area (Å²) in [5.41, 5.74) is 20.5. The van der Waals surface area contributed by atoms with E-state index in [2.05, 4.69) is 208 Å². The second-order valence-electron chi connectivity index (χ2n) is 16.8. The summed E-state index contributed by atoms with van der Waals surface area (Å²) < 4.78 is 4.98. The summed E-state index contributed by atoms with van der Waals surface area (Å²) in [6.45, 7) is 0. The molecule has 0 saturated carbocycles. The van der Waals surface area contributed by atoms with Crippen LogP contribution in [0.25, 0.3) is 78.0 Å². The normalized spacial score (nSPS) is 15.6. The molecule has 0 spiro atoms. The molecule has 3 aliphatic carbocycles. The molecule has 0 N–H and O–H groups in total. The maximum absolute atomic E-state index is 5.77. The number of anilines is 2. The van der Waals surface area contributed by atoms with Gasteiger partial charge in [0.25, 0.3) is 0 Å². The van der Waals surface area contributed by atoms with E-state index in [4.69, 9.17) is 9.97 Å². The zero-order chi connectivity index (χ0) is 41.4. The van der Waals surface area contributed by atoms with Crippen molar-refractivity contribution >= 4 is 72.2 Å². The summed E-state index contributed by atoms with van der Waals surface area (Å²) >= 11 is 0. The highest BCUT2D eigenvalue weighted by atomic mass is 15.2. The number of fused-ring (bicyclic) bond motifs is 10. The van der Waals surface area contributed by atoms with Crippen molar-refractivity contribution in [2.75, 3.05) is 4.90 Å². The van der Waals surface area contributed by atoms with E-state index in [0.29, 0.717) is 5.95 Å². The minimum absolute atomic E-state index is 0.705. The van der Waals surface area contributed by atoms with Gasteiger partial charge in [0, 0.05) is 39.8 Å². The first kappa shape index (κ1) is 35.7. The van der Waals surface area contributed by atoms with E-state index < -0.39 is 0 Å². The molecule has 63 heavy (non-hydrogen) atoms. The summed E-state index contributed by atoms with van der Waals surface area (Å²) in [6, 6.07) is 43.9. The van der Waals surface area contributed by atoms with Gasteiger partial charge >= 0.3 is 0 Å². The van der Waals surface area contributed by atoms with E-state index in [1.807, 2.05) is 0 Å². The van der Waals surface area contributed by atoms with Crippen LogP contribution in [0.3, 0.4) is 0 Å². The van der Waals surface area contributed by atoms with Crippen molar-refractivity contribution in [2.24, 2.45) is 0 Å². The molecule has 13 rings (SSSR count). The lowest BCUT2D eigenvalue weighted by Gasteiger charge is -2.33. The monoisotopic (exact) mass is 807 g/mol. The summed E-state index contributed by atoms with van der Waals surface area (Å²) in [6.07, 6.45) is 29.0. The Kier molecular flexibility index (Phi) is 8.12. The van der Waals surface area contributed by atoms with Gasteiger partial charge in [-0.2, -0.15) is 0 Å². The van der Waals surface area contributed by atoms with Crippen LogP contribution in [0.4, 0.5) is 11.4 Å². The van der Waals surface area contributed by atoms with E-state index in [9.17, 15) is 0 Å². The topological polar surface area (TPSA) is 38.9 Å². The Balaban J connectivity index is 1.19. The largest absolute Gasteiger partial charge is 0.309 e. The molecule has 5 heteroatoms. The lowest BCUT2D eigenvalue weighted by Crippen LogP contribution is -2.22. The smallest absolute Gasteiger partial charge is 0.235 e. The molecule has 3 aromatic heterocycles. The minimum Gasteiger partial charge on any atom is -0.309 e.